The zero-order chi connectivity index (χ0) is 21.1. The van der Waals surface area contributed by atoms with Crippen LogP contribution in [0.2, 0.25) is 5.02 Å². The predicted octanol–water partition coefficient (Wildman–Crippen LogP) is 5.84. The van der Waals surface area contributed by atoms with Crippen molar-refractivity contribution < 1.29 is 4.79 Å². The van der Waals surface area contributed by atoms with Crippen molar-refractivity contribution >= 4 is 45.7 Å². The van der Waals surface area contributed by atoms with Crippen molar-refractivity contribution in [1.29, 1.82) is 0 Å². The van der Waals surface area contributed by atoms with Crippen molar-refractivity contribution in [1.82, 2.24) is 19.7 Å². The van der Waals surface area contributed by atoms with E-state index in [1.165, 1.54) is 24.2 Å². The van der Waals surface area contributed by atoms with Crippen LogP contribution in [0.15, 0.2) is 34.8 Å². The summed E-state index contributed by atoms with van der Waals surface area (Å²) in [5.41, 5.74) is 1.86. The van der Waals surface area contributed by atoms with E-state index in [2.05, 4.69) is 19.7 Å². The summed E-state index contributed by atoms with van der Waals surface area (Å²) in [5, 5.41) is 13.4. The van der Waals surface area contributed by atoms with Gasteiger partial charge in [-0.25, -0.2) is 4.98 Å². The Morgan fingerprint density at radius 2 is 2.07 bits per heavy atom. The molecule has 0 spiro atoms. The number of aromatic nitrogens is 4. The largest absolute Gasteiger partial charge is 0.299 e. The van der Waals surface area contributed by atoms with E-state index >= 15 is 0 Å². The zero-order valence-electron chi connectivity index (χ0n) is 17.0. The molecule has 1 aromatic carbocycles. The van der Waals surface area contributed by atoms with Crippen LogP contribution in [-0.2, 0) is 10.5 Å². The van der Waals surface area contributed by atoms with E-state index in [4.69, 9.17) is 11.6 Å². The molecule has 4 rings (SSSR count). The molecule has 0 radical (unpaired) electrons. The topological polar surface area (TPSA) is 63.9 Å². The maximum Gasteiger partial charge on any atom is 0.225 e. The first-order valence-corrected chi connectivity index (χ1v) is 12.4. The molecule has 1 amide bonds. The number of thioether (sulfide) groups is 1. The number of carbonyl (C=O) groups excluding carboxylic acids is 1. The fraction of sp³-hybridized carbons (Fsp3) is 0.429. The van der Waals surface area contributed by atoms with Gasteiger partial charge in [0.2, 0.25) is 5.91 Å². The average molecular weight is 462 g/mol. The van der Waals surface area contributed by atoms with Gasteiger partial charge in [-0.3, -0.25) is 14.3 Å². The lowest BCUT2D eigenvalue weighted by Gasteiger charge is -2.17. The third kappa shape index (κ3) is 4.40. The first kappa shape index (κ1) is 21.3. The van der Waals surface area contributed by atoms with Crippen molar-refractivity contribution in [2.24, 2.45) is 0 Å². The van der Waals surface area contributed by atoms with Crippen LogP contribution in [0.1, 0.15) is 51.3 Å². The molecule has 1 aliphatic rings. The van der Waals surface area contributed by atoms with Crippen LogP contribution in [0, 0.1) is 0 Å². The minimum Gasteiger partial charge on any atom is -0.299 e. The molecule has 30 heavy (non-hydrogen) atoms. The number of hydrogen-bond acceptors (Lipinski definition) is 6. The van der Waals surface area contributed by atoms with Gasteiger partial charge < -0.3 is 0 Å². The van der Waals surface area contributed by atoms with Crippen molar-refractivity contribution in [3.63, 3.8) is 0 Å². The Balaban J connectivity index is 1.58. The van der Waals surface area contributed by atoms with Gasteiger partial charge in [-0.05, 0) is 31.9 Å². The zero-order valence-corrected chi connectivity index (χ0v) is 19.4. The predicted molar refractivity (Wildman–Crippen MR) is 123 cm³/mol. The number of nitrogens with zero attached hydrogens (tertiary/aromatic N) is 5. The second kappa shape index (κ2) is 9.49. The highest BCUT2D eigenvalue weighted by atomic mass is 35.5. The molecule has 0 N–H and O–H groups in total. The Labute approximate surface area is 189 Å². The summed E-state index contributed by atoms with van der Waals surface area (Å²) in [6.07, 6.45) is 4.71. The Bertz CT molecular complexity index is 1030. The van der Waals surface area contributed by atoms with E-state index in [0.29, 0.717) is 23.4 Å². The Morgan fingerprint density at radius 3 is 2.77 bits per heavy atom. The molecule has 0 unspecified atom stereocenters. The molecule has 3 aromatic rings. The van der Waals surface area contributed by atoms with Gasteiger partial charge in [0, 0.05) is 36.2 Å². The molecule has 2 heterocycles. The molecular weight excluding hydrogens is 438 g/mol. The van der Waals surface area contributed by atoms with Crippen LogP contribution in [-0.4, -0.2) is 32.2 Å². The van der Waals surface area contributed by atoms with Crippen molar-refractivity contribution in [2.45, 2.75) is 56.5 Å². The highest BCUT2D eigenvalue weighted by molar-refractivity contribution is 7.98. The molecule has 158 valence electrons. The number of anilines is 1. The van der Waals surface area contributed by atoms with Gasteiger partial charge in [-0.15, -0.1) is 21.5 Å². The molecule has 2 aromatic heterocycles. The summed E-state index contributed by atoms with van der Waals surface area (Å²) in [6, 6.07) is 8.20. The quantitative estimate of drug-likeness (QED) is 0.414. The van der Waals surface area contributed by atoms with Crippen LogP contribution < -0.4 is 4.90 Å². The molecule has 0 bridgehead atoms. The van der Waals surface area contributed by atoms with E-state index in [1.54, 1.807) is 23.6 Å². The third-order valence-corrected chi connectivity index (χ3v) is 7.50. The lowest BCUT2D eigenvalue weighted by Crippen LogP contribution is -2.27. The van der Waals surface area contributed by atoms with Gasteiger partial charge in [0.15, 0.2) is 16.1 Å². The lowest BCUT2D eigenvalue weighted by atomic mass is 10.2. The SMILES string of the molecule is CCN(C(C)=O)c1nc(CSc2nnc(-c3ccccc3Cl)n2C2CCCC2)cs1. The number of thiazole rings is 1. The van der Waals surface area contributed by atoms with E-state index < -0.39 is 0 Å². The number of benzene rings is 1. The van der Waals surface area contributed by atoms with E-state index in [-0.39, 0.29) is 5.91 Å². The maximum absolute atomic E-state index is 11.8. The van der Waals surface area contributed by atoms with Crippen molar-refractivity contribution in [2.75, 3.05) is 11.4 Å². The minimum atomic E-state index is 0.0106. The summed E-state index contributed by atoms with van der Waals surface area (Å²) >= 11 is 9.60. The van der Waals surface area contributed by atoms with Crippen LogP contribution >= 0.6 is 34.7 Å². The molecule has 1 aliphatic carbocycles. The van der Waals surface area contributed by atoms with Crippen molar-refractivity contribution in [3.8, 4) is 11.4 Å². The summed E-state index contributed by atoms with van der Waals surface area (Å²) in [5.74, 6) is 1.53. The van der Waals surface area contributed by atoms with Crippen LogP contribution in [0.4, 0.5) is 5.13 Å². The van der Waals surface area contributed by atoms with Crippen LogP contribution in [0.5, 0.6) is 0 Å². The van der Waals surface area contributed by atoms with Crippen LogP contribution in [0.25, 0.3) is 11.4 Å². The fourth-order valence-corrected chi connectivity index (χ4v) is 5.97. The average Bonchev–Trinajstić information content (AvgIpc) is 3.48. The first-order chi connectivity index (χ1) is 14.6. The molecular formula is C21H24ClN5OS2. The number of carbonyl (C=O) groups is 1. The van der Waals surface area contributed by atoms with E-state index in [9.17, 15) is 4.79 Å². The fourth-order valence-electron chi connectivity index (χ4n) is 3.81. The molecule has 1 saturated carbocycles. The molecule has 0 atom stereocenters. The number of hydrogen-bond donors (Lipinski definition) is 0. The van der Waals surface area contributed by atoms with Crippen molar-refractivity contribution in [3.05, 3.63) is 40.4 Å². The van der Waals surface area contributed by atoms with E-state index in [1.807, 2.05) is 36.6 Å². The number of rotatable bonds is 7. The van der Waals surface area contributed by atoms with E-state index in [0.717, 1.165) is 40.2 Å². The first-order valence-electron chi connectivity index (χ1n) is 10.1. The molecule has 6 nitrogen and oxygen atoms in total. The Morgan fingerprint density at radius 1 is 1.30 bits per heavy atom. The summed E-state index contributed by atoms with van der Waals surface area (Å²) in [7, 11) is 0. The highest BCUT2D eigenvalue weighted by Crippen LogP contribution is 2.39. The van der Waals surface area contributed by atoms with Gasteiger partial charge >= 0.3 is 0 Å². The Kier molecular flexibility index (Phi) is 6.75. The second-order valence-corrected chi connectivity index (χ2v) is 9.45. The monoisotopic (exact) mass is 461 g/mol. The lowest BCUT2D eigenvalue weighted by molar-refractivity contribution is -0.116. The smallest absolute Gasteiger partial charge is 0.225 e. The third-order valence-electron chi connectivity index (χ3n) is 5.29. The molecule has 0 aliphatic heterocycles. The van der Waals surface area contributed by atoms with Gasteiger partial charge in [0.25, 0.3) is 0 Å². The van der Waals surface area contributed by atoms with Crippen LogP contribution in [0.3, 0.4) is 0 Å². The maximum atomic E-state index is 11.8. The molecule has 9 heteroatoms. The molecule has 1 fully saturated rings. The van der Waals surface area contributed by atoms with Gasteiger partial charge in [0.1, 0.15) is 0 Å². The number of amides is 1. The number of halogens is 1. The summed E-state index contributed by atoms with van der Waals surface area (Å²) in [6.45, 7) is 4.14. The minimum absolute atomic E-state index is 0.0106. The summed E-state index contributed by atoms with van der Waals surface area (Å²) < 4.78 is 2.26. The van der Waals surface area contributed by atoms with Gasteiger partial charge in [-0.2, -0.15) is 0 Å². The van der Waals surface area contributed by atoms with Gasteiger partial charge in [-0.1, -0.05) is 48.3 Å². The normalized spacial score (nSPS) is 14.4. The van der Waals surface area contributed by atoms with Gasteiger partial charge in [0.05, 0.1) is 10.7 Å². The molecule has 0 saturated heterocycles. The standard InChI is InChI=1S/C21H24ClN5OS2/c1-3-26(14(2)28)20-23-15(12-29-20)13-30-21-25-24-19(17-10-6-7-11-18(17)22)27(21)16-8-4-5-9-16/h6-7,10-12,16H,3-5,8-9,13H2,1-2H3. The Hall–Kier alpha value is -1.90. The second-order valence-electron chi connectivity index (χ2n) is 7.27. The summed E-state index contributed by atoms with van der Waals surface area (Å²) in [4.78, 5) is 18.1. The highest BCUT2D eigenvalue weighted by Gasteiger charge is 2.26.